The molecule has 6 heteroatoms. The summed E-state index contributed by atoms with van der Waals surface area (Å²) in [5.74, 6) is 0.148. The van der Waals surface area contributed by atoms with E-state index >= 15 is 0 Å². The van der Waals surface area contributed by atoms with E-state index in [2.05, 4.69) is 39.5 Å². The molecule has 2 aliphatic heterocycles. The highest BCUT2D eigenvalue weighted by molar-refractivity contribution is 6.22. The van der Waals surface area contributed by atoms with Crippen LogP contribution in [0.5, 0.6) is 5.88 Å². The lowest BCUT2D eigenvalue weighted by Crippen LogP contribution is -2.30. The molecule has 6 nitrogen and oxygen atoms in total. The number of nitrogens with one attached hydrogen (secondary N) is 2. The van der Waals surface area contributed by atoms with Crippen molar-refractivity contribution < 1.29 is 9.90 Å². The third kappa shape index (κ3) is 5.15. The third-order valence-electron chi connectivity index (χ3n) is 7.76. The molecule has 2 aliphatic rings. The van der Waals surface area contributed by atoms with Gasteiger partial charge >= 0.3 is 0 Å². The van der Waals surface area contributed by atoms with Crippen molar-refractivity contribution in [3.05, 3.63) is 95.1 Å². The van der Waals surface area contributed by atoms with E-state index in [9.17, 15) is 9.90 Å². The summed E-state index contributed by atoms with van der Waals surface area (Å²) in [4.78, 5) is 23.6. The molecule has 6 rings (SSSR count). The molecular formula is C32H34N4O2. The fourth-order valence-corrected chi connectivity index (χ4v) is 5.73. The fraction of sp³-hybridized carbons (Fsp3) is 0.312. The summed E-state index contributed by atoms with van der Waals surface area (Å²) < 4.78 is 0. The number of ketones is 1. The topological polar surface area (TPSA) is 80.7 Å². The lowest BCUT2D eigenvalue weighted by atomic mass is 9.98. The van der Waals surface area contributed by atoms with E-state index in [1.54, 1.807) is 0 Å². The summed E-state index contributed by atoms with van der Waals surface area (Å²) in [6.07, 6.45) is 5.78. The van der Waals surface area contributed by atoms with Crippen molar-refractivity contribution in [2.24, 2.45) is 4.99 Å². The molecule has 1 unspecified atom stereocenters. The molecular weight excluding hydrogens is 472 g/mol. The quantitative estimate of drug-likeness (QED) is 0.213. The van der Waals surface area contributed by atoms with E-state index in [1.807, 2.05) is 48.5 Å². The van der Waals surface area contributed by atoms with Crippen LogP contribution < -0.4 is 5.32 Å². The predicted molar refractivity (Wildman–Crippen MR) is 153 cm³/mol. The van der Waals surface area contributed by atoms with E-state index in [0.717, 1.165) is 48.1 Å². The Kier molecular flexibility index (Phi) is 7.08. The number of Topliss-reactive ketones (excluding diaryl/α,β-unsaturated/α-hetero) is 1. The number of aromatic nitrogens is 1. The molecule has 0 aliphatic carbocycles. The molecule has 1 atom stereocenters. The second kappa shape index (κ2) is 10.9. The summed E-state index contributed by atoms with van der Waals surface area (Å²) >= 11 is 0. The van der Waals surface area contributed by atoms with Crippen molar-refractivity contribution in [3.63, 3.8) is 0 Å². The first-order valence-electron chi connectivity index (χ1n) is 13.7. The monoisotopic (exact) mass is 506 g/mol. The van der Waals surface area contributed by atoms with Gasteiger partial charge in [0.15, 0.2) is 11.7 Å². The third-order valence-corrected chi connectivity index (χ3v) is 7.76. The molecule has 2 saturated heterocycles. The highest BCUT2D eigenvalue weighted by Gasteiger charge is 2.25. The summed E-state index contributed by atoms with van der Waals surface area (Å²) in [7, 11) is 0. The minimum absolute atomic E-state index is 0.0490. The molecule has 194 valence electrons. The van der Waals surface area contributed by atoms with Crippen LogP contribution in [-0.2, 0) is 6.54 Å². The van der Waals surface area contributed by atoms with E-state index in [0.29, 0.717) is 16.8 Å². The Morgan fingerprint density at radius 2 is 1.71 bits per heavy atom. The van der Waals surface area contributed by atoms with Gasteiger partial charge in [0.1, 0.15) is 0 Å². The van der Waals surface area contributed by atoms with Gasteiger partial charge < -0.3 is 15.4 Å². The van der Waals surface area contributed by atoms with Gasteiger partial charge in [-0.25, -0.2) is 4.99 Å². The van der Waals surface area contributed by atoms with Crippen LogP contribution in [0.2, 0.25) is 0 Å². The minimum Gasteiger partial charge on any atom is -0.494 e. The Hall–Kier alpha value is -3.74. The lowest BCUT2D eigenvalue weighted by molar-refractivity contribution is 0.0952. The standard InChI is InChI=1S/C32H34N4O2/c37-31(27-10-7-17-33-27)24-13-16-26-28(20-24)35-32(38)29(26)30(23-8-3-1-4-9-23)34-25-14-11-22(12-15-25)21-36-18-5-2-6-19-36/h1,3-4,8-9,11-16,20,27,33,35,38H,2,5-7,10,17-19,21H2. The smallest absolute Gasteiger partial charge is 0.199 e. The van der Waals surface area contributed by atoms with Crippen LogP contribution >= 0.6 is 0 Å². The van der Waals surface area contributed by atoms with Gasteiger partial charge in [0, 0.05) is 28.6 Å². The van der Waals surface area contributed by atoms with Crippen LogP contribution in [0.3, 0.4) is 0 Å². The molecule has 0 amide bonds. The van der Waals surface area contributed by atoms with Crippen molar-refractivity contribution >= 4 is 28.1 Å². The van der Waals surface area contributed by atoms with E-state index in [4.69, 9.17) is 4.99 Å². The van der Waals surface area contributed by atoms with Crippen molar-refractivity contribution in [2.45, 2.75) is 44.7 Å². The molecule has 0 saturated carbocycles. The maximum atomic E-state index is 13.0. The molecule has 4 aromatic rings. The van der Waals surface area contributed by atoms with E-state index < -0.39 is 0 Å². The van der Waals surface area contributed by atoms with Gasteiger partial charge in [-0.3, -0.25) is 9.69 Å². The molecule has 2 fully saturated rings. The molecule has 3 N–H and O–H groups in total. The number of likely N-dealkylation sites (tertiary alicyclic amines) is 1. The molecule has 3 aromatic carbocycles. The zero-order chi connectivity index (χ0) is 25.9. The van der Waals surface area contributed by atoms with Gasteiger partial charge in [-0.15, -0.1) is 0 Å². The highest BCUT2D eigenvalue weighted by atomic mass is 16.3. The van der Waals surface area contributed by atoms with Gasteiger partial charge in [-0.1, -0.05) is 61.0 Å². The summed E-state index contributed by atoms with van der Waals surface area (Å²) in [5.41, 5.74) is 5.73. The van der Waals surface area contributed by atoms with Crippen molar-refractivity contribution in [1.29, 1.82) is 0 Å². The normalized spacial score (nSPS) is 18.7. The van der Waals surface area contributed by atoms with Crippen molar-refractivity contribution in [1.82, 2.24) is 15.2 Å². The summed E-state index contributed by atoms with van der Waals surface area (Å²) in [6.45, 7) is 4.18. The Balaban J connectivity index is 1.35. The number of rotatable bonds is 7. The minimum atomic E-state index is -0.130. The molecule has 0 radical (unpaired) electrons. The number of fused-ring (bicyclic) bond motifs is 1. The second-order valence-corrected chi connectivity index (χ2v) is 10.5. The first kappa shape index (κ1) is 24.6. The molecule has 38 heavy (non-hydrogen) atoms. The average molecular weight is 507 g/mol. The van der Waals surface area contributed by atoms with Gasteiger partial charge in [0.25, 0.3) is 0 Å². The van der Waals surface area contributed by atoms with Gasteiger partial charge in [0.05, 0.1) is 23.0 Å². The number of hydrogen-bond acceptors (Lipinski definition) is 5. The number of benzene rings is 3. The Labute approximate surface area is 223 Å². The van der Waals surface area contributed by atoms with Crippen LogP contribution in [-0.4, -0.2) is 52.2 Å². The summed E-state index contributed by atoms with van der Waals surface area (Å²) in [6, 6.07) is 23.8. The van der Waals surface area contributed by atoms with Crippen LogP contribution in [0.15, 0.2) is 77.8 Å². The number of hydrogen-bond donors (Lipinski definition) is 3. The lowest BCUT2D eigenvalue weighted by Gasteiger charge is -2.26. The van der Waals surface area contributed by atoms with E-state index in [-0.39, 0.29) is 17.7 Å². The Morgan fingerprint density at radius 1 is 0.921 bits per heavy atom. The number of piperidine rings is 1. The predicted octanol–water partition coefficient (Wildman–Crippen LogP) is 5.96. The highest BCUT2D eigenvalue weighted by Crippen LogP contribution is 2.32. The van der Waals surface area contributed by atoms with Crippen LogP contribution in [0, 0.1) is 0 Å². The number of aromatic amines is 1. The van der Waals surface area contributed by atoms with Gasteiger partial charge in [-0.2, -0.15) is 0 Å². The molecule has 1 aromatic heterocycles. The maximum absolute atomic E-state index is 13.0. The molecule has 3 heterocycles. The first-order chi connectivity index (χ1) is 18.7. The zero-order valence-electron chi connectivity index (χ0n) is 21.6. The fourth-order valence-electron chi connectivity index (χ4n) is 5.73. The Bertz CT molecular complexity index is 1440. The number of carbonyl (C=O) groups is 1. The number of nitrogens with zero attached hydrogens (tertiary/aromatic N) is 2. The van der Waals surface area contributed by atoms with Crippen molar-refractivity contribution in [3.8, 4) is 5.88 Å². The first-order valence-corrected chi connectivity index (χ1v) is 13.7. The van der Waals surface area contributed by atoms with Gasteiger partial charge in [0.2, 0.25) is 0 Å². The zero-order valence-corrected chi connectivity index (χ0v) is 21.6. The number of carbonyl (C=O) groups excluding carboxylic acids is 1. The van der Waals surface area contributed by atoms with Gasteiger partial charge in [-0.05, 0) is 69.1 Å². The van der Waals surface area contributed by atoms with Crippen LogP contribution in [0.4, 0.5) is 5.69 Å². The second-order valence-electron chi connectivity index (χ2n) is 10.5. The number of aromatic hydroxyl groups is 1. The largest absolute Gasteiger partial charge is 0.494 e. The van der Waals surface area contributed by atoms with Crippen LogP contribution in [0.1, 0.15) is 59.2 Å². The summed E-state index contributed by atoms with van der Waals surface area (Å²) in [5, 5.41) is 15.2. The maximum Gasteiger partial charge on any atom is 0.199 e. The molecule has 0 bridgehead atoms. The van der Waals surface area contributed by atoms with Crippen LogP contribution in [0.25, 0.3) is 10.9 Å². The Morgan fingerprint density at radius 3 is 2.45 bits per heavy atom. The average Bonchev–Trinajstić information content (AvgIpc) is 3.61. The SMILES string of the molecule is O=C(c1ccc2c(C(=Nc3ccc(CN4CCCCC4)cc3)c3ccccc3)c(O)[nH]c2c1)C1CCCN1. The number of H-pyrrole nitrogens is 1. The van der Waals surface area contributed by atoms with E-state index in [1.165, 1.54) is 37.9 Å². The number of aliphatic imine (C=N–C) groups is 1. The van der Waals surface area contributed by atoms with Crippen molar-refractivity contribution in [2.75, 3.05) is 19.6 Å². The molecule has 0 spiro atoms.